The Hall–Kier alpha value is -2.20. The van der Waals surface area contributed by atoms with Crippen LogP contribution in [0.5, 0.6) is 11.5 Å². The number of halogens is 2. The fourth-order valence-electron chi connectivity index (χ4n) is 1.85. The minimum Gasteiger partial charge on any atom is -0.490 e. The van der Waals surface area contributed by atoms with Crippen LogP contribution in [0.15, 0.2) is 18.2 Å². The zero-order chi connectivity index (χ0) is 18.8. The van der Waals surface area contributed by atoms with Crippen molar-refractivity contribution >= 4 is 23.2 Å². The van der Waals surface area contributed by atoms with E-state index in [4.69, 9.17) is 21.7 Å². The van der Waals surface area contributed by atoms with Crippen molar-refractivity contribution in [1.82, 2.24) is 16.2 Å². The highest BCUT2D eigenvalue weighted by Crippen LogP contribution is 2.29. The van der Waals surface area contributed by atoms with E-state index in [-0.39, 0.29) is 34.8 Å². The lowest BCUT2D eigenvalue weighted by Crippen LogP contribution is -2.49. The summed E-state index contributed by atoms with van der Waals surface area (Å²) in [4.78, 5) is 12.1. The van der Waals surface area contributed by atoms with Gasteiger partial charge in [-0.1, -0.05) is 0 Å². The van der Waals surface area contributed by atoms with Crippen LogP contribution < -0.4 is 25.6 Å². The van der Waals surface area contributed by atoms with Gasteiger partial charge in [-0.3, -0.25) is 15.6 Å². The quantitative estimate of drug-likeness (QED) is 0.471. The average Bonchev–Trinajstić information content (AvgIpc) is 2.54. The van der Waals surface area contributed by atoms with Crippen LogP contribution in [0.2, 0.25) is 0 Å². The molecule has 0 spiro atoms. The Kier molecular flexibility index (Phi) is 8.86. The van der Waals surface area contributed by atoms with Crippen molar-refractivity contribution in [3.63, 3.8) is 0 Å². The van der Waals surface area contributed by atoms with Crippen LogP contribution in [0.25, 0.3) is 0 Å². The molecule has 0 aliphatic carbocycles. The number of rotatable bonds is 8. The van der Waals surface area contributed by atoms with Gasteiger partial charge in [-0.2, -0.15) is 8.78 Å². The van der Waals surface area contributed by atoms with Crippen molar-refractivity contribution in [2.75, 3.05) is 20.3 Å². The van der Waals surface area contributed by atoms with Gasteiger partial charge in [-0.05, 0) is 44.3 Å². The number of carbonyl (C=O) groups excluding carboxylic acids is 1. The summed E-state index contributed by atoms with van der Waals surface area (Å²) in [5.74, 6) is -0.620. The molecule has 0 aromatic heterocycles. The molecular formula is C15H21F2N3O4S. The molecule has 7 nitrogen and oxygen atoms in total. The number of amides is 1. The third kappa shape index (κ3) is 7.48. The van der Waals surface area contributed by atoms with Crippen LogP contribution in [0.4, 0.5) is 8.78 Å². The highest BCUT2D eigenvalue weighted by Gasteiger charge is 2.15. The zero-order valence-corrected chi connectivity index (χ0v) is 14.9. The van der Waals surface area contributed by atoms with Crippen LogP contribution in [-0.4, -0.2) is 44.0 Å². The zero-order valence-electron chi connectivity index (χ0n) is 14.1. The molecule has 0 aliphatic rings. The highest BCUT2D eigenvalue weighted by molar-refractivity contribution is 7.80. The first kappa shape index (κ1) is 20.8. The van der Waals surface area contributed by atoms with Gasteiger partial charge in [0.05, 0.1) is 13.2 Å². The average molecular weight is 377 g/mol. The molecule has 0 bridgehead atoms. The fraction of sp³-hybridized carbons (Fsp3) is 0.467. The molecule has 10 heteroatoms. The number of methoxy groups -OCH3 is 1. The van der Waals surface area contributed by atoms with Crippen LogP contribution in [0.1, 0.15) is 24.2 Å². The third-order valence-electron chi connectivity index (χ3n) is 2.81. The Morgan fingerprint density at radius 3 is 2.60 bits per heavy atom. The normalized spacial score (nSPS) is 11.6. The summed E-state index contributed by atoms with van der Waals surface area (Å²) in [6, 6.07) is 3.84. The van der Waals surface area contributed by atoms with Gasteiger partial charge in [0.1, 0.15) is 0 Å². The molecule has 3 N–H and O–H groups in total. The summed E-state index contributed by atoms with van der Waals surface area (Å²) in [7, 11) is 1.56. The summed E-state index contributed by atoms with van der Waals surface area (Å²) in [6.07, 6.45) is 0. The largest absolute Gasteiger partial charge is 0.490 e. The van der Waals surface area contributed by atoms with Crippen molar-refractivity contribution in [2.45, 2.75) is 26.5 Å². The predicted octanol–water partition coefficient (Wildman–Crippen LogP) is 1.83. The Bertz CT molecular complexity index is 590. The van der Waals surface area contributed by atoms with Crippen molar-refractivity contribution in [3.05, 3.63) is 23.8 Å². The lowest BCUT2D eigenvalue weighted by atomic mass is 10.2. The van der Waals surface area contributed by atoms with Crippen molar-refractivity contribution < 1.29 is 27.8 Å². The molecule has 0 saturated carbocycles. The maximum absolute atomic E-state index is 12.4. The Balaban J connectivity index is 2.68. The first-order chi connectivity index (χ1) is 11.9. The fourth-order valence-corrected chi connectivity index (χ4v) is 2.10. The standard InChI is InChI=1S/C15H21F2N3O4S/c1-4-23-12-7-10(5-6-11(12)24-14(16)17)13(21)19-20-15(25)18-9(2)8-22-3/h5-7,9,14H,4,8H2,1-3H3,(H,19,21)(H2,18,20,25)/t9-/m0/s1. The van der Waals surface area contributed by atoms with Gasteiger partial charge in [-0.15, -0.1) is 0 Å². The third-order valence-corrected chi connectivity index (χ3v) is 3.03. The van der Waals surface area contributed by atoms with E-state index in [9.17, 15) is 13.6 Å². The highest BCUT2D eigenvalue weighted by atomic mass is 32.1. The molecule has 140 valence electrons. The predicted molar refractivity (Wildman–Crippen MR) is 91.9 cm³/mol. The van der Waals surface area contributed by atoms with Crippen molar-refractivity contribution in [2.24, 2.45) is 0 Å². The number of hydrazine groups is 1. The summed E-state index contributed by atoms with van der Waals surface area (Å²) in [6.45, 7) is 1.23. The summed E-state index contributed by atoms with van der Waals surface area (Å²) >= 11 is 5.03. The molecule has 0 heterocycles. The molecule has 0 aliphatic heterocycles. The van der Waals surface area contributed by atoms with E-state index in [1.807, 2.05) is 6.92 Å². The van der Waals surface area contributed by atoms with Crippen LogP contribution in [0.3, 0.4) is 0 Å². The van der Waals surface area contributed by atoms with E-state index in [0.717, 1.165) is 0 Å². The number of benzene rings is 1. The van der Waals surface area contributed by atoms with E-state index >= 15 is 0 Å². The number of hydrogen-bond acceptors (Lipinski definition) is 5. The molecule has 25 heavy (non-hydrogen) atoms. The molecular weight excluding hydrogens is 356 g/mol. The number of carbonyl (C=O) groups is 1. The number of thiocarbonyl (C=S) groups is 1. The number of nitrogens with one attached hydrogen (secondary N) is 3. The van der Waals surface area contributed by atoms with Gasteiger partial charge in [0.15, 0.2) is 16.6 Å². The van der Waals surface area contributed by atoms with Crippen LogP contribution in [0, 0.1) is 0 Å². The Morgan fingerprint density at radius 1 is 1.28 bits per heavy atom. The second kappa shape index (κ2) is 10.6. The van der Waals surface area contributed by atoms with Gasteiger partial charge in [0.25, 0.3) is 5.91 Å². The first-order valence-electron chi connectivity index (χ1n) is 7.44. The lowest BCUT2D eigenvalue weighted by Gasteiger charge is -2.17. The van der Waals surface area contributed by atoms with E-state index in [1.165, 1.54) is 18.2 Å². The van der Waals surface area contributed by atoms with E-state index in [2.05, 4.69) is 20.9 Å². The molecule has 0 unspecified atom stereocenters. The van der Waals surface area contributed by atoms with E-state index < -0.39 is 12.5 Å². The van der Waals surface area contributed by atoms with Gasteiger partial charge in [0.2, 0.25) is 0 Å². The maximum atomic E-state index is 12.4. The molecule has 1 rings (SSSR count). The monoisotopic (exact) mass is 377 g/mol. The Labute approximate surface area is 150 Å². The summed E-state index contributed by atoms with van der Waals surface area (Å²) < 4.78 is 39.3. The number of ether oxygens (including phenoxy) is 3. The van der Waals surface area contributed by atoms with Gasteiger partial charge in [-0.25, -0.2) is 0 Å². The summed E-state index contributed by atoms with van der Waals surface area (Å²) in [5.41, 5.74) is 5.12. The molecule has 1 atom stereocenters. The molecule has 0 radical (unpaired) electrons. The Morgan fingerprint density at radius 2 is 2.00 bits per heavy atom. The van der Waals surface area contributed by atoms with Crippen LogP contribution >= 0.6 is 12.2 Å². The minimum atomic E-state index is -2.99. The molecule has 1 aromatic rings. The molecule has 0 fully saturated rings. The van der Waals surface area contributed by atoms with E-state index in [0.29, 0.717) is 6.61 Å². The maximum Gasteiger partial charge on any atom is 0.387 e. The second-order valence-electron chi connectivity index (χ2n) is 4.88. The molecule has 1 aromatic carbocycles. The number of hydrogen-bond donors (Lipinski definition) is 3. The van der Waals surface area contributed by atoms with Crippen molar-refractivity contribution in [1.29, 1.82) is 0 Å². The lowest BCUT2D eigenvalue weighted by molar-refractivity contribution is -0.0514. The van der Waals surface area contributed by atoms with Gasteiger partial charge < -0.3 is 19.5 Å². The molecule has 0 saturated heterocycles. The van der Waals surface area contributed by atoms with Crippen molar-refractivity contribution in [3.8, 4) is 11.5 Å². The van der Waals surface area contributed by atoms with Gasteiger partial charge in [0, 0.05) is 18.7 Å². The smallest absolute Gasteiger partial charge is 0.387 e. The van der Waals surface area contributed by atoms with E-state index in [1.54, 1.807) is 14.0 Å². The first-order valence-corrected chi connectivity index (χ1v) is 7.85. The second-order valence-corrected chi connectivity index (χ2v) is 5.29. The SMILES string of the molecule is CCOc1cc(C(=O)NNC(=S)N[C@@H](C)COC)ccc1OC(F)F. The minimum absolute atomic E-state index is 0.0442. The topological polar surface area (TPSA) is 80.9 Å². The molecule has 1 amide bonds. The van der Waals surface area contributed by atoms with Gasteiger partial charge >= 0.3 is 6.61 Å². The van der Waals surface area contributed by atoms with Crippen LogP contribution in [-0.2, 0) is 4.74 Å². The summed E-state index contributed by atoms with van der Waals surface area (Å²) in [5, 5.41) is 3.11. The number of alkyl halides is 2.